The summed E-state index contributed by atoms with van der Waals surface area (Å²) in [6.45, 7) is 0.705. The third kappa shape index (κ3) is 3.92. The second-order valence-corrected chi connectivity index (χ2v) is 5.35. The van der Waals surface area contributed by atoms with Gasteiger partial charge in [0.25, 0.3) is 5.69 Å². The van der Waals surface area contributed by atoms with Crippen molar-refractivity contribution < 1.29 is 14.2 Å². The molecule has 0 aliphatic rings. The maximum absolute atomic E-state index is 12.0. The molecule has 0 aliphatic carbocycles. The third-order valence-electron chi connectivity index (χ3n) is 3.64. The van der Waals surface area contributed by atoms with Gasteiger partial charge in [0, 0.05) is 24.5 Å². The molecule has 0 fully saturated rings. The monoisotopic (exact) mass is 340 g/mol. The average molecular weight is 340 g/mol. The number of hydrogen-bond acceptors (Lipinski definition) is 6. The number of para-hydroxylation sites is 3. The Morgan fingerprint density at radius 3 is 2.72 bits per heavy atom. The van der Waals surface area contributed by atoms with Crippen molar-refractivity contribution in [3.05, 3.63) is 64.3 Å². The van der Waals surface area contributed by atoms with Gasteiger partial charge in [0.2, 0.25) is 5.91 Å². The minimum Gasteiger partial charge on any atom is -0.378 e. The van der Waals surface area contributed by atoms with Crippen molar-refractivity contribution in [2.45, 2.75) is 6.42 Å². The van der Waals surface area contributed by atoms with Gasteiger partial charge < -0.3 is 15.2 Å². The van der Waals surface area contributed by atoms with Gasteiger partial charge in [0.15, 0.2) is 5.58 Å². The minimum absolute atomic E-state index is 0.00268. The molecule has 8 nitrogen and oxygen atoms in total. The fourth-order valence-corrected chi connectivity index (χ4v) is 2.46. The summed E-state index contributed by atoms with van der Waals surface area (Å²) in [5.41, 5.74) is 1.65. The van der Waals surface area contributed by atoms with Crippen molar-refractivity contribution in [2.75, 3.05) is 18.4 Å². The number of anilines is 1. The summed E-state index contributed by atoms with van der Waals surface area (Å²) in [5, 5.41) is 21.4. The van der Waals surface area contributed by atoms with Crippen molar-refractivity contribution in [1.29, 1.82) is 0 Å². The topological polar surface area (TPSA) is 110 Å². The molecular weight excluding hydrogens is 324 g/mol. The summed E-state index contributed by atoms with van der Waals surface area (Å²) < 4.78 is 5.16. The summed E-state index contributed by atoms with van der Waals surface area (Å²) in [5.74, 6) is -0.191. The van der Waals surface area contributed by atoms with Crippen molar-refractivity contribution in [1.82, 2.24) is 10.5 Å². The zero-order valence-corrected chi connectivity index (χ0v) is 13.3. The first kappa shape index (κ1) is 16.4. The first-order valence-electron chi connectivity index (χ1n) is 7.72. The van der Waals surface area contributed by atoms with E-state index in [1.54, 1.807) is 24.3 Å². The van der Waals surface area contributed by atoms with Crippen molar-refractivity contribution in [3.8, 4) is 0 Å². The standard InChI is InChI=1S/C17H16N4O4/c22-17(11-14-12-5-1-4-8-16(12)25-20-14)19-10-9-18-13-6-2-3-7-15(13)21(23)24/h1-8,18H,9-11H2,(H,19,22). The second kappa shape index (κ2) is 7.43. The molecule has 8 heteroatoms. The van der Waals surface area contributed by atoms with Crippen LogP contribution < -0.4 is 10.6 Å². The molecule has 25 heavy (non-hydrogen) atoms. The molecule has 0 radical (unpaired) electrons. The maximum Gasteiger partial charge on any atom is 0.292 e. The number of hydrogen-bond donors (Lipinski definition) is 2. The molecule has 1 heterocycles. The van der Waals surface area contributed by atoms with Gasteiger partial charge >= 0.3 is 0 Å². The Labute approximate surface area is 143 Å². The maximum atomic E-state index is 12.0. The summed E-state index contributed by atoms with van der Waals surface area (Å²) in [6.07, 6.45) is 0.114. The fourth-order valence-electron chi connectivity index (χ4n) is 2.46. The van der Waals surface area contributed by atoms with E-state index in [-0.39, 0.29) is 18.0 Å². The number of fused-ring (bicyclic) bond motifs is 1. The minimum atomic E-state index is -0.448. The molecular formula is C17H16N4O4. The summed E-state index contributed by atoms with van der Waals surface area (Å²) in [6, 6.07) is 13.7. The predicted molar refractivity (Wildman–Crippen MR) is 92.3 cm³/mol. The Hall–Kier alpha value is -3.42. The molecule has 1 amide bonds. The van der Waals surface area contributed by atoms with Crippen LogP contribution in [-0.2, 0) is 11.2 Å². The van der Waals surface area contributed by atoms with Gasteiger partial charge in [-0.2, -0.15) is 0 Å². The predicted octanol–water partition coefficient (Wildman–Crippen LogP) is 2.51. The molecule has 0 spiro atoms. The lowest BCUT2D eigenvalue weighted by Crippen LogP contribution is -2.30. The van der Waals surface area contributed by atoms with E-state index in [1.165, 1.54) is 6.07 Å². The van der Waals surface area contributed by atoms with Crippen LogP contribution in [0.5, 0.6) is 0 Å². The molecule has 0 atom stereocenters. The van der Waals surface area contributed by atoms with Crippen LogP contribution in [0.15, 0.2) is 53.1 Å². The molecule has 0 aliphatic heterocycles. The highest BCUT2D eigenvalue weighted by atomic mass is 16.6. The largest absolute Gasteiger partial charge is 0.378 e. The highest BCUT2D eigenvalue weighted by molar-refractivity contribution is 5.86. The molecule has 0 saturated heterocycles. The van der Waals surface area contributed by atoms with Gasteiger partial charge in [-0.05, 0) is 18.2 Å². The number of nitro groups is 1. The lowest BCUT2D eigenvalue weighted by Gasteiger charge is -2.08. The SMILES string of the molecule is O=C(Cc1noc2ccccc12)NCCNc1ccccc1[N+](=O)[O-]. The van der Waals surface area contributed by atoms with Gasteiger partial charge in [-0.15, -0.1) is 0 Å². The van der Waals surface area contributed by atoms with Crippen LogP contribution in [0.2, 0.25) is 0 Å². The lowest BCUT2D eigenvalue weighted by atomic mass is 10.1. The van der Waals surface area contributed by atoms with Crippen LogP contribution >= 0.6 is 0 Å². The van der Waals surface area contributed by atoms with Crippen LogP contribution in [0.4, 0.5) is 11.4 Å². The van der Waals surface area contributed by atoms with E-state index < -0.39 is 4.92 Å². The number of nitrogens with zero attached hydrogens (tertiary/aromatic N) is 2. The van der Waals surface area contributed by atoms with E-state index >= 15 is 0 Å². The first-order chi connectivity index (χ1) is 12.1. The summed E-state index contributed by atoms with van der Waals surface area (Å²) >= 11 is 0. The number of aromatic nitrogens is 1. The highest BCUT2D eigenvalue weighted by Gasteiger charge is 2.13. The van der Waals surface area contributed by atoms with E-state index in [0.717, 1.165) is 5.39 Å². The Balaban J connectivity index is 1.49. The number of benzene rings is 2. The van der Waals surface area contributed by atoms with E-state index in [0.29, 0.717) is 30.1 Å². The van der Waals surface area contributed by atoms with E-state index in [4.69, 9.17) is 4.52 Å². The molecule has 0 saturated carbocycles. The second-order valence-electron chi connectivity index (χ2n) is 5.35. The van der Waals surface area contributed by atoms with Crippen molar-refractivity contribution in [3.63, 3.8) is 0 Å². The quantitative estimate of drug-likeness (QED) is 0.388. The number of amides is 1. The Morgan fingerprint density at radius 2 is 1.88 bits per heavy atom. The van der Waals surface area contributed by atoms with Crippen molar-refractivity contribution in [2.24, 2.45) is 0 Å². The zero-order chi connectivity index (χ0) is 17.6. The van der Waals surface area contributed by atoms with Crippen molar-refractivity contribution >= 4 is 28.3 Å². The molecule has 3 rings (SSSR count). The van der Waals surface area contributed by atoms with Gasteiger partial charge in [0.05, 0.1) is 11.3 Å². The number of carbonyl (C=O) groups is 1. The van der Waals surface area contributed by atoms with E-state index in [9.17, 15) is 14.9 Å². The Bertz CT molecular complexity index is 906. The van der Waals surface area contributed by atoms with E-state index in [2.05, 4.69) is 15.8 Å². The first-order valence-corrected chi connectivity index (χ1v) is 7.72. The lowest BCUT2D eigenvalue weighted by molar-refractivity contribution is -0.384. The number of nitro benzene ring substituents is 1. The van der Waals surface area contributed by atoms with Crippen LogP contribution in [0, 0.1) is 10.1 Å². The smallest absolute Gasteiger partial charge is 0.292 e. The number of nitrogens with one attached hydrogen (secondary N) is 2. The van der Waals surface area contributed by atoms with Crippen LogP contribution in [0.1, 0.15) is 5.69 Å². The molecule has 2 aromatic carbocycles. The third-order valence-corrected chi connectivity index (χ3v) is 3.64. The van der Waals surface area contributed by atoms with Crippen LogP contribution in [0.3, 0.4) is 0 Å². The summed E-state index contributed by atoms with van der Waals surface area (Å²) in [4.78, 5) is 22.5. The van der Waals surface area contributed by atoms with Gasteiger partial charge in [-0.1, -0.05) is 29.4 Å². The number of carbonyl (C=O) groups excluding carboxylic acids is 1. The molecule has 128 valence electrons. The van der Waals surface area contributed by atoms with Crippen LogP contribution in [-0.4, -0.2) is 29.1 Å². The number of rotatable bonds is 7. The molecule has 0 bridgehead atoms. The molecule has 0 unspecified atom stereocenters. The van der Waals surface area contributed by atoms with Gasteiger partial charge in [-0.25, -0.2) is 0 Å². The highest BCUT2D eigenvalue weighted by Crippen LogP contribution is 2.22. The van der Waals surface area contributed by atoms with Crippen LogP contribution in [0.25, 0.3) is 11.0 Å². The van der Waals surface area contributed by atoms with Gasteiger partial charge in [-0.3, -0.25) is 14.9 Å². The Morgan fingerprint density at radius 1 is 1.12 bits per heavy atom. The summed E-state index contributed by atoms with van der Waals surface area (Å²) in [7, 11) is 0. The fraction of sp³-hybridized carbons (Fsp3) is 0.176. The molecule has 1 aromatic heterocycles. The normalized spacial score (nSPS) is 10.6. The zero-order valence-electron chi connectivity index (χ0n) is 13.3. The molecule has 3 aromatic rings. The Kier molecular flexibility index (Phi) is 4.89. The molecule has 2 N–H and O–H groups in total. The van der Waals surface area contributed by atoms with E-state index in [1.807, 2.05) is 18.2 Å². The van der Waals surface area contributed by atoms with Gasteiger partial charge in [0.1, 0.15) is 11.4 Å². The average Bonchev–Trinajstić information content (AvgIpc) is 3.02.